The van der Waals surface area contributed by atoms with Crippen molar-refractivity contribution in [1.29, 1.82) is 0 Å². The highest BCUT2D eigenvalue weighted by Gasteiger charge is 2.35. The van der Waals surface area contributed by atoms with Gasteiger partial charge < -0.3 is 14.5 Å². The number of halogens is 2. The molecule has 40 heavy (non-hydrogen) atoms. The van der Waals surface area contributed by atoms with Crippen molar-refractivity contribution in [2.75, 3.05) is 23.7 Å². The van der Waals surface area contributed by atoms with Crippen molar-refractivity contribution in [1.82, 2.24) is 14.5 Å². The third kappa shape index (κ3) is 4.82. The predicted octanol–water partition coefficient (Wildman–Crippen LogP) is 5.43. The molecule has 2 aliphatic heterocycles. The number of anilines is 1. The number of aryl methyl sites for hydroxylation is 1. The van der Waals surface area contributed by atoms with Crippen LogP contribution in [0, 0.1) is 12.7 Å². The molecule has 1 unspecified atom stereocenters. The van der Waals surface area contributed by atoms with Crippen LogP contribution in [0.4, 0.5) is 10.2 Å². The zero-order chi connectivity index (χ0) is 28.3. The molecule has 1 aliphatic carbocycles. The first-order valence-corrected chi connectivity index (χ1v) is 15.0. The van der Waals surface area contributed by atoms with Gasteiger partial charge in [0.05, 0.1) is 29.3 Å². The molecule has 2 aromatic carbocycles. The number of hydrogen-bond donors (Lipinski definition) is 0. The molecule has 10 heteroatoms. The van der Waals surface area contributed by atoms with E-state index in [0.717, 1.165) is 45.3 Å². The minimum absolute atomic E-state index is 0.0560. The van der Waals surface area contributed by atoms with Crippen LogP contribution in [0.2, 0.25) is 5.02 Å². The zero-order valence-corrected chi connectivity index (χ0v) is 24.4. The van der Waals surface area contributed by atoms with Gasteiger partial charge in [0.15, 0.2) is 0 Å². The quantitative estimate of drug-likeness (QED) is 0.374. The van der Waals surface area contributed by atoms with Gasteiger partial charge in [-0.1, -0.05) is 24.2 Å². The lowest BCUT2D eigenvalue weighted by atomic mass is 9.97. The largest absolute Gasteiger partial charge is 0.372 e. The summed E-state index contributed by atoms with van der Waals surface area (Å²) in [5.41, 5.74) is 3.19. The number of rotatable bonds is 5. The van der Waals surface area contributed by atoms with E-state index in [2.05, 4.69) is 22.5 Å². The van der Waals surface area contributed by atoms with Gasteiger partial charge in [-0.15, -0.1) is 11.8 Å². The Hall–Kier alpha value is -2.88. The fourth-order valence-corrected chi connectivity index (χ4v) is 7.61. The third-order valence-electron chi connectivity index (χ3n) is 7.96. The maximum Gasteiger partial charge on any atom is 0.350 e. The Labute approximate surface area is 241 Å². The van der Waals surface area contributed by atoms with Crippen LogP contribution in [0.3, 0.4) is 0 Å². The molecular weight excluding hydrogens is 551 g/mol. The number of ether oxygens (including phenoxy) is 1. The zero-order valence-electron chi connectivity index (χ0n) is 22.8. The van der Waals surface area contributed by atoms with Gasteiger partial charge in [0, 0.05) is 46.8 Å². The first-order chi connectivity index (χ1) is 19.2. The fraction of sp³-hybridized carbons (Fsp3) is 0.433. The van der Waals surface area contributed by atoms with Crippen LogP contribution in [0.15, 0.2) is 46.6 Å². The SMILES string of the molecule is C=CC(=O)N1[C@H](C)CN(c2nc(=O)n3c4c(c(-c5ccc(F)c(Cl)c5)c(C)cc24)SCC(OC2CC2)C3)C[C@@H]1C. The number of aromatic nitrogens is 2. The lowest BCUT2D eigenvalue weighted by molar-refractivity contribution is -0.130. The molecule has 3 aromatic rings. The van der Waals surface area contributed by atoms with Crippen LogP contribution in [0.25, 0.3) is 22.0 Å². The Morgan fingerprint density at radius 1 is 1.18 bits per heavy atom. The Morgan fingerprint density at radius 3 is 2.55 bits per heavy atom. The van der Waals surface area contributed by atoms with Crippen molar-refractivity contribution >= 4 is 46.0 Å². The van der Waals surface area contributed by atoms with Gasteiger partial charge in [-0.3, -0.25) is 9.36 Å². The van der Waals surface area contributed by atoms with E-state index < -0.39 is 5.82 Å². The summed E-state index contributed by atoms with van der Waals surface area (Å²) >= 11 is 7.88. The first-order valence-electron chi connectivity index (χ1n) is 13.7. The van der Waals surface area contributed by atoms with Crippen molar-refractivity contribution < 1.29 is 13.9 Å². The molecule has 0 N–H and O–H groups in total. The molecule has 210 valence electrons. The standard InChI is InChI=1S/C30H32ClFN4O3S/c1-5-25(37)36-17(3)12-34(13-18(36)4)29-22-10-16(2)26(19-6-9-24(32)23(31)11-19)28-27(22)35(30(38)33-29)14-21(15-40-28)39-20-7-8-20/h5-6,9-11,17-18,20-21H,1,7-8,12-15H2,2-4H3/t17-,18+,21?. The van der Waals surface area contributed by atoms with E-state index in [9.17, 15) is 14.0 Å². The maximum absolute atomic E-state index is 14.1. The molecule has 1 amide bonds. The molecule has 1 aromatic heterocycles. The van der Waals surface area contributed by atoms with E-state index in [1.54, 1.807) is 28.5 Å². The summed E-state index contributed by atoms with van der Waals surface area (Å²) in [4.78, 5) is 35.8. The third-order valence-corrected chi connectivity index (χ3v) is 9.47. The summed E-state index contributed by atoms with van der Waals surface area (Å²) in [6.45, 7) is 11.2. The summed E-state index contributed by atoms with van der Waals surface area (Å²) in [7, 11) is 0. The molecule has 0 spiro atoms. The van der Waals surface area contributed by atoms with E-state index in [0.29, 0.717) is 31.2 Å². The van der Waals surface area contributed by atoms with Crippen molar-refractivity contribution in [3.63, 3.8) is 0 Å². The first kappa shape index (κ1) is 27.3. The summed E-state index contributed by atoms with van der Waals surface area (Å²) in [5, 5.41) is 0.937. The molecule has 0 bridgehead atoms. The molecule has 2 fully saturated rings. The number of carbonyl (C=O) groups is 1. The number of hydrogen-bond acceptors (Lipinski definition) is 6. The number of benzene rings is 2. The number of amides is 1. The number of thioether (sulfide) groups is 1. The highest BCUT2D eigenvalue weighted by atomic mass is 35.5. The molecule has 3 heterocycles. The molecule has 1 saturated heterocycles. The summed E-state index contributed by atoms with van der Waals surface area (Å²) in [5.74, 6) is 0.735. The molecular formula is C30H32ClFN4O3S. The van der Waals surface area contributed by atoms with Crippen LogP contribution in [-0.2, 0) is 16.1 Å². The average Bonchev–Trinajstić information content (AvgIpc) is 3.75. The lowest BCUT2D eigenvalue weighted by Crippen LogP contribution is -2.58. The predicted molar refractivity (Wildman–Crippen MR) is 158 cm³/mol. The minimum Gasteiger partial charge on any atom is -0.372 e. The second-order valence-electron chi connectivity index (χ2n) is 11.1. The van der Waals surface area contributed by atoms with Crippen LogP contribution in [0.1, 0.15) is 32.3 Å². The molecule has 3 atom stereocenters. The van der Waals surface area contributed by atoms with Crippen LogP contribution >= 0.6 is 23.4 Å². The van der Waals surface area contributed by atoms with Gasteiger partial charge in [-0.2, -0.15) is 4.98 Å². The van der Waals surface area contributed by atoms with Gasteiger partial charge in [-0.25, -0.2) is 9.18 Å². The lowest BCUT2D eigenvalue weighted by Gasteiger charge is -2.44. The smallest absolute Gasteiger partial charge is 0.350 e. The van der Waals surface area contributed by atoms with E-state index in [-0.39, 0.29) is 40.9 Å². The molecule has 1 saturated carbocycles. The summed E-state index contributed by atoms with van der Waals surface area (Å²) in [6, 6.07) is 6.66. The van der Waals surface area contributed by atoms with Crippen LogP contribution in [-0.4, -0.2) is 63.5 Å². The second-order valence-corrected chi connectivity index (χ2v) is 12.5. The number of nitrogens with zero attached hydrogens (tertiary/aromatic N) is 4. The number of carbonyl (C=O) groups excluding carboxylic acids is 1. The summed E-state index contributed by atoms with van der Waals surface area (Å²) in [6.07, 6.45) is 3.57. The molecule has 7 nitrogen and oxygen atoms in total. The Balaban J connectivity index is 1.54. The minimum atomic E-state index is -0.471. The monoisotopic (exact) mass is 582 g/mol. The van der Waals surface area contributed by atoms with E-state index in [4.69, 9.17) is 16.3 Å². The van der Waals surface area contributed by atoms with Crippen LogP contribution < -0.4 is 10.6 Å². The van der Waals surface area contributed by atoms with E-state index >= 15 is 0 Å². The van der Waals surface area contributed by atoms with E-state index in [1.807, 2.05) is 25.7 Å². The van der Waals surface area contributed by atoms with Gasteiger partial charge in [0.1, 0.15) is 11.6 Å². The van der Waals surface area contributed by atoms with Gasteiger partial charge in [0.2, 0.25) is 5.91 Å². The van der Waals surface area contributed by atoms with Crippen molar-refractivity contribution in [3.8, 4) is 11.1 Å². The number of piperazine rings is 1. The topological polar surface area (TPSA) is 67.7 Å². The maximum atomic E-state index is 14.1. The highest BCUT2D eigenvalue weighted by molar-refractivity contribution is 7.99. The Morgan fingerprint density at radius 2 is 1.90 bits per heavy atom. The van der Waals surface area contributed by atoms with E-state index in [1.165, 1.54) is 12.1 Å². The highest BCUT2D eigenvalue weighted by Crippen LogP contribution is 2.44. The van der Waals surface area contributed by atoms with Crippen molar-refractivity contribution in [2.45, 2.75) is 69.3 Å². The molecule has 0 radical (unpaired) electrons. The van der Waals surface area contributed by atoms with Gasteiger partial charge in [0.25, 0.3) is 0 Å². The normalized spacial score (nSPS) is 22.9. The average molecular weight is 583 g/mol. The van der Waals surface area contributed by atoms with Gasteiger partial charge >= 0.3 is 5.69 Å². The second kappa shape index (κ2) is 10.5. The Kier molecular flexibility index (Phi) is 7.17. The van der Waals surface area contributed by atoms with Crippen molar-refractivity contribution in [2.24, 2.45) is 0 Å². The van der Waals surface area contributed by atoms with Gasteiger partial charge in [-0.05, 0) is 69.0 Å². The van der Waals surface area contributed by atoms with Crippen molar-refractivity contribution in [3.05, 3.63) is 63.8 Å². The van der Waals surface area contributed by atoms with Crippen LogP contribution in [0.5, 0.6) is 0 Å². The molecule has 3 aliphatic rings. The fourth-order valence-electron chi connectivity index (χ4n) is 6.11. The summed E-state index contributed by atoms with van der Waals surface area (Å²) < 4.78 is 22.1. The Bertz CT molecular complexity index is 1580. The molecule has 6 rings (SSSR count).